The monoisotopic (exact) mass is 342 g/mol. The third kappa shape index (κ3) is 4.20. The van der Waals surface area contributed by atoms with Crippen LogP contribution >= 0.6 is 0 Å². The highest BCUT2D eigenvalue weighted by Gasteiger charge is 2.31. The molecule has 1 atom stereocenters. The van der Waals surface area contributed by atoms with E-state index in [0.717, 1.165) is 42.8 Å². The first-order valence-corrected chi connectivity index (χ1v) is 8.84. The van der Waals surface area contributed by atoms with Gasteiger partial charge in [-0.1, -0.05) is 25.0 Å². The SMILES string of the molecule is Cc1nccn1-c1ccc(C(C)NC(=O)NCC2(O)CCCC2)cc1. The number of nitrogens with one attached hydrogen (secondary N) is 2. The first kappa shape index (κ1) is 17.5. The highest BCUT2D eigenvalue weighted by molar-refractivity contribution is 5.74. The molecule has 3 rings (SSSR count). The molecule has 1 heterocycles. The fourth-order valence-electron chi connectivity index (χ4n) is 3.36. The molecular weight excluding hydrogens is 316 g/mol. The van der Waals surface area contributed by atoms with E-state index in [-0.39, 0.29) is 12.1 Å². The van der Waals surface area contributed by atoms with Gasteiger partial charge in [-0.3, -0.25) is 0 Å². The van der Waals surface area contributed by atoms with Crippen molar-refractivity contribution in [1.82, 2.24) is 20.2 Å². The molecule has 134 valence electrons. The van der Waals surface area contributed by atoms with Crippen molar-refractivity contribution < 1.29 is 9.90 Å². The molecule has 1 saturated carbocycles. The lowest BCUT2D eigenvalue weighted by molar-refractivity contribution is 0.0500. The van der Waals surface area contributed by atoms with Crippen LogP contribution < -0.4 is 10.6 Å². The van der Waals surface area contributed by atoms with Crippen LogP contribution in [0.2, 0.25) is 0 Å². The second kappa shape index (κ2) is 7.27. The van der Waals surface area contributed by atoms with Gasteiger partial charge in [0.25, 0.3) is 0 Å². The van der Waals surface area contributed by atoms with E-state index >= 15 is 0 Å². The van der Waals surface area contributed by atoms with Crippen LogP contribution in [0.1, 0.15) is 50.0 Å². The molecular formula is C19H26N4O2. The molecule has 0 spiro atoms. The van der Waals surface area contributed by atoms with Gasteiger partial charge < -0.3 is 20.3 Å². The predicted octanol–water partition coefficient (Wildman–Crippen LogP) is 2.85. The average Bonchev–Trinajstić information content (AvgIpc) is 3.22. The average molecular weight is 342 g/mol. The van der Waals surface area contributed by atoms with Crippen LogP contribution in [-0.4, -0.2) is 32.8 Å². The van der Waals surface area contributed by atoms with E-state index < -0.39 is 5.60 Å². The largest absolute Gasteiger partial charge is 0.388 e. The van der Waals surface area contributed by atoms with Gasteiger partial charge >= 0.3 is 6.03 Å². The molecule has 1 fully saturated rings. The van der Waals surface area contributed by atoms with Crippen molar-refractivity contribution in [3.8, 4) is 5.69 Å². The molecule has 1 unspecified atom stereocenters. The normalized spacial score (nSPS) is 17.2. The molecule has 1 aromatic carbocycles. The van der Waals surface area contributed by atoms with E-state index in [1.165, 1.54) is 0 Å². The number of rotatable bonds is 5. The lowest BCUT2D eigenvalue weighted by atomic mass is 10.0. The van der Waals surface area contributed by atoms with Crippen LogP contribution in [0.5, 0.6) is 0 Å². The van der Waals surface area contributed by atoms with Gasteiger partial charge in [0.15, 0.2) is 0 Å². The van der Waals surface area contributed by atoms with Crippen LogP contribution in [0.15, 0.2) is 36.7 Å². The summed E-state index contributed by atoms with van der Waals surface area (Å²) >= 11 is 0. The summed E-state index contributed by atoms with van der Waals surface area (Å²) in [5.74, 6) is 0.933. The van der Waals surface area contributed by atoms with Crippen molar-refractivity contribution in [3.05, 3.63) is 48.0 Å². The minimum absolute atomic E-state index is 0.115. The first-order valence-electron chi connectivity index (χ1n) is 8.84. The minimum atomic E-state index is -0.731. The highest BCUT2D eigenvalue weighted by Crippen LogP contribution is 2.28. The molecule has 6 nitrogen and oxygen atoms in total. The topological polar surface area (TPSA) is 79.2 Å². The fraction of sp³-hybridized carbons (Fsp3) is 0.474. The summed E-state index contributed by atoms with van der Waals surface area (Å²) in [4.78, 5) is 16.3. The minimum Gasteiger partial charge on any atom is -0.388 e. The Labute approximate surface area is 148 Å². The molecule has 0 bridgehead atoms. The lowest BCUT2D eigenvalue weighted by Crippen LogP contribution is -2.45. The molecule has 1 aliphatic carbocycles. The zero-order chi connectivity index (χ0) is 17.9. The third-order valence-corrected chi connectivity index (χ3v) is 4.96. The summed E-state index contributed by atoms with van der Waals surface area (Å²) in [5.41, 5.74) is 1.33. The Hall–Kier alpha value is -2.34. The van der Waals surface area contributed by atoms with Gasteiger partial charge in [-0.2, -0.15) is 0 Å². The number of carbonyl (C=O) groups is 1. The maximum Gasteiger partial charge on any atom is 0.315 e. The van der Waals surface area contributed by atoms with Crippen molar-refractivity contribution in [1.29, 1.82) is 0 Å². The number of hydrogen-bond acceptors (Lipinski definition) is 3. The third-order valence-electron chi connectivity index (χ3n) is 4.96. The number of aryl methyl sites for hydroxylation is 1. The van der Waals surface area contributed by atoms with Crippen molar-refractivity contribution >= 4 is 6.03 Å². The van der Waals surface area contributed by atoms with Crippen LogP contribution in [0, 0.1) is 6.92 Å². The summed E-state index contributed by atoms with van der Waals surface area (Å²) in [5, 5.41) is 16.0. The van der Waals surface area contributed by atoms with Gasteiger partial charge in [0, 0.05) is 24.6 Å². The Bertz CT molecular complexity index is 717. The van der Waals surface area contributed by atoms with Crippen molar-refractivity contribution in [2.75, 3.05) is 6.54 Å². The number of nitrogens with zero attached hydrogens (tertiary/aromatic N) is 2. The van der Waals surface area contributed by atoms with E-state index in [1.54, 1.807) is 6.20 Å². The van der Waals surface area contributed by atoms with E-state index in [9.17, 15) is 9.90 Å². The first-order chi connectivity index (χ1) is 12.0. The Morgan fingerprint density at radius 3 is 2.60 bits per heavy atom. The number of imidazole rings is 1. The number of amides is 2. The number of aliphatic hydroxyl groups is 1. The maximum absolute atomic E-state index is 12.1. The van der Waals surface area contributed by atoms with Gasteiger partial charge in [-0.25, -0.2) is 9.78 Å². The number of urea groups is 1. The smallest absolute Gasteiger partial charge is 0.315 e. The predicted molar refractivity (Wildman–Crippen MR) is 96.7 cm³/mol. The van der Waals surface area contributed by atoms with Crippen LogP contribution in [0.4, 0.5) is 4.79 Å². The number of benzene rings is 1. The van der Waals surface area contributed by atoms with E-state index in [4.69, 9.17) is 0 Å². The molecule has 2 aromatic rings. The van der Waals surface area contributed by atoms with E-state index in [1.807, 2.05) is 48.9 Å². The highest BCUT2D eigenvalue weighted by atomic mass is 16.3. The van der Waals surface area contributed by atoms with E-state index in [0.29, 0.717) is 6.54 Å². The van der Waals surface area contributed by atoms with E-state index in [2.05, 4.69) is 15.6 Å². The van der Waals surface area contributed by atoms with Gasteiger partial charge in [0.2, 0.25) is 0 Å². The molecule has 2 amide bonds. The molecule has 3 N–H and O–H groups in total. The molecule has 6 heteroatoms. The number of carbonyl (C=O) groups excluding carboxylic acids is 1. The Kier molecular flexibility index (Phi) is 5.08. The molecule has 1 aliphatic rings. The maximum atomic E-state index is 12.1. The Balaban J connectivity index is 1.55. The zero-order valence-corrected chi connectivity index (χ0v) is 14.8. The molecule has 25 heavy (non-hydrogen) atoms. The molecule has 0 saturated heterocycles. The summed E-state index contributed by atoms with van der Waals surface area (Å²) in [6, 6.07) is 7.68. The van der Waals surface area contributed by atoms with Crippen LogP contribution in [-0.2, 0) is 0 Å². The Morgan fingerprint density at radius 2 is 2.00 bits per heavy atom. The van der Waals surface area contributed by atoms with Crippen molar-refractivity contribution in [2.45, 2.75) is 51.2 Å². The van der Waals surface area contributed by atoms with Crippen molar-refractivity contribution in [2.24, 2.45) is 0 Å². The fourth-order valence-corrected chi connectivity index (χ4v) is 3.36. The van der Waals surface area contributed by atoms with Gasteiger partial charge in [0.05, 0.1) is 11.6 Å². The van der Waals surface area contributed by atoms with Gasteiger partial charge in [-0.15, -0.1) is 0 Å². The molecule has 1 aromatic heterocycles. The quantitative estimate of drug-likeness (QED) is 0.782. The summed E-state index contributed by atoms with van der Waals surface area (Å²) < 4.78 is 2.01. The number of hydrogen-bond donors (Lipinski definition) is 3. The van der Waals surface area contributed by atoms with Crippen LogP contribution in [0.3, 0.4) is 0 Å². The molecule has 0 radical (unpaired) electrons. The van der Waals surface area contributed by atoms with Gasteiger partial charge in [-0.05, 0) is 44.4 Å². The standard InChI is InChI=1S/C19H26N4O2/c1-14(22-18(24)21-13-19(25)9-3-4-10-19)16-5-7-17(8-6-16)23-12-11-20-15(23)2/h5-8,11-12,14,25H,3-4,9-10,13H2,1-2H3,(H2,21,22,24). The summed E-state index contributed by atoms with van der Waals surface area (Å²) in [7, 11) is 0. The second-order valence-electron chi connectivity index (χ2n) is 6.92. The summed E-state index contributed by atoms with van der Waals surface area (Å²) in [6.45, 7) is 4.21. The Morgan fingerprint density at radius 1 is 1.32 bits per heavy atom. The molecule has 0 aliphatic heterocycles. The van der Waals surface area contributed by atoms with Crippen molar-refractivity contribution in [3.63, 3.8) is 0 Å². The zero-order valence-electron chi connectivity index (χ0n) is 14.8. The lowest BCUT2D eigenvalue weighted by Gasteiger charge is -2.23. The second-order valence-corrected chi connectivity index (χ2v) is 6.92. The van der Waals surface area contributed by atoms with Crippen LogP contribution in [0.25, 0.3) is 5.69 Å². The van der Waals surface area contributed by atoms with Gasteiger partial charge in [0.1, 0.15) is 5.82 Å². The summed E-state index contributed by atoms with van der Waals surface area (Å²) in [6.07, 6.45) is 7.27. The number of aromatic nitrogens is 2.